The first kappa shape index (κ1) is 31.5. The number of likely N-dealkylation sites (tertiary alicyclic amines) is 1. The van der Waals surface area contributed by atoms with E-state index in [-0.39, 0.29) is 34.5 Å². The lowest BCUT2D eigenvalue weighted by molar-refractivity contribution is -0.154. The minimum atomic E-state index is -0.687. The first-order valence-electron chi connectivity index (χ1n) is 14.6. The van der Waals surface area contributed by atoms with Gasteiger partial charge in [0.2, 0.25) is 11.8 Å². The van der Waals surface area contributed by atoms with Crippen molar-refractivity contribution in [2.45, 2.75) is 59.4 Å². The maximum Gasteiger partial charge on any atom is 0.310 e. The maximum absolute atomic E-state index is 14.5. The molecule has 4 rings (SSSR count). The summed E-state index contributed by atoms with van der Waals surface area (Å²) in [6.45, 7) is 13.1. The van der Waals surface area contributed by atoms with E-state index >= 15 is 0 Å². The minimum Gasteiger partial charge on any atom is -0.465 e. The van der Waals surface area contributed by atoms with Crippen LogP contribution in [0.25, 0.3) is 0 Å². The van der Waals surface area contributed by atoms with Crippen LogP contribution in [0, 0.1) is 11.8 Å². The molecule has 0 aromatic carbocycles. The number of thioether (sulfide) groups is 1. The molecular weight excluding hydrogens is 598 g/mol. The molecule has 3 unspecified atom stereocenters. The number of morpholine rings is 1. The molecule has 4 heterocycles. The van der Waals surface area contributed by atoms with Gasteiger partial charge in [-0.3, -0.25) is 19.3 Å². The van der Waals surface area contributed by atoms with E-state index in [0.29, 0.717) is 65.1 Å². The van der Waals surface area contributed by atoms with Crippen molar-refractivity contribution in [2.75, 3.05) is 65.7 Å². The van der Waals surface area contributed by atoms with Gasteiger partial charge in [0.1, 0.15) is 6.04 Å². The number of carbonyl (C=O) groups is 3. The number of esters is 1. The van der Waals surface area contributed by atoms with E-state index in [1.54, 1.807) is 28.8 Å². The minimum absolute atomic E-state index is 0.0121. The van der Waals surface area contributed by atoms with Gasteiger partial charge in [-0.1, -0.05) is 28.1 Å². The highest BCUT2D eigenvalue weighted by molar-refractivity contribution is 9.09. The van der Waals surface area contributed by atoms with E-state index < -0.39 is 22.6 Å². The lowest BCUT2D eigenvalue weighted by Gasteiger charge is -2.38. The van der Waals surface area contributed by atoms with Crippen LogP contribution in [0.2, 0.25) is 0 Å². The standard InChI is InChI=1S/C29H44BrN3O6S/c1-3-5-9-17-39-28(37)22-23-26(35)33(11-7-6-8-16-34)25(29(23)20-21(30)24(22)40-29)27(36)32(10-4-2)13-12-31-14-18-38-19-15-31/h3-4,21-25,34H,1-2,5-20H2/t21?,22-,23+,24-,25?,29?/m1/s1. The summed E-state index contributed by atoms with van der Waals surface area (Å²) in [4.78, 5) is 47.9. The van der Waals surface area contributed by atoms with Gasteiger partial charge in [0.25, 0.3) is 0 Å². The highest BCUT2D eigenvalue weighted by Gasteiger charge is 2.76. The Bertz CT molecular complexity index is 933. The Kier molecular flexibility index (Phi) is 11.6. The monoisotopic (exact) mass is 641 g/mol. The van der Waals surface area contributed by atoms with Crippen LogP contribution in [-0.2, 0) is 23.9 Å². The molecular formula is C29H44BrN3O6S. The van der Waals surface area contributed by atoms with Crippen molar-refractivity contribution in [3.8, 4) is 0 Å². The number of aliphatic hydroxyl groups excluding tert-OH is 1. The lowest BCUT2D eigenvalue weighted by atomic mass is 9.71. The molecule has 0 radical (unpaired) electrons. The number of unbranched alkanes of at least 4 members (excludes halogenated alkanes) is 3. The van der Waals surface area contributed by atoms with Crippen molar-refractivity contribution >= 4 is 45.5 Å². The van der Waals surface area contributed by atoms with Crippen molar-refractivity contribution in [3.05, 3.63) is 25.3 Å². The van der Waals surface area contributed by atoms with Crippen LogP contribution >= 0.6 is 27.7 Å². The van der Waals surface area contributed by atoms with Gasteiger partial charge in [0.05, 0.1) is 36.4 Å². The second-order valence-corrected chi connectivity index (χ2v) is 13.8. The molecule has 4 fully saturated rings. The summed E-state index contributed by atoms with van der Waals surface area (Å²) in [5.41, 5.74) is 0. The molecule has 0 aromatic heterocycles. The number of ether oxygens (including phenoxy) is 2. The summed E-state index contributed by atoms with van der Waals surface area (Å²) in [6, 6.07) is -0.655. The lowest BCUT2D eigenvalue weighted by Crippen LogP contribution is -2.56. The number of allylic oxidation sites excluding steroid dienone is 1. The van der Waals surface area contributed by atoms with Gasteiger partial charge in [-0.05, 0) is 38.5 Å². The van der Waals surface area contributed by atoms with Crippen LogP contribution < -0.4 is 0 Å². The summed E-state index contributed by atoms with van der Waals surface area (Å²) < 4.78 is 10.5. The maximum atomic E-state index is 14.5. The van der Waals surface area contributed by atoms with Crippen LogP contribution in [0.15, 0.2) is 25.3 Å². The van der Waals surface area contributed by atoms with Gasteiger partial charge in [-0.25, -0.2) is 0 Å². The number of rotatable bonds is 16. The van der Waals surface area contributed by atoms with Crippen LogP contribution in [0.5, 0.6) is 0 Å². The smallest absolute Gasteiger partial charge is 0.310 e. The fraction of sp³-hybridized carbons (Fsp3) is 0.759. The Hall–Kier alpha value is -1.40. The number of hydrogen-bond donors (Lipinski definition) is 1. The van der Waals surface area contributed by atoms with Crippen LogP contribution in [-0.4, -0.2) is 124 Å². The second kappa shape index (κ2) is 14.7. The molecule has 2 amide bonds. The van der Waals surface area contributed by atoms with Crippen molar-refractivity contribution < 1.29 is 29.0 Å². The number of nitrogens with zero attached hydrogens (tertiary/aromatic N) is 3. The normalized spacial score (nSPS) is 31.3. The Morgan fingerprint density at radius 2 is 1.95 bits per heavy atom. The number of halogens is 1. The predicted octanol–water partition coefficient (Wildman–Crippen LogP) is 2.47. The van der Waals surface area contributed by atoms with Gasteiger partial charge < -0.3 is 24.4 Å². The highest BCUT2D eigenvalue weighted by atomic mass is 79.9. The topological polar surface area (TPSA) is 99.6 Å². The molecule has 0 aliphatic carbocycles. The van der Waals surface area contributed by atoms with Gasteiger partial charge in [-0.2, -0.15) is 0 Å². The molecule has 0 aromatic rings. The zero-order chi connectivity index (χ0) is 28.7. The average molecular weight is 643 g/mol. The summed E-state index contributed by atoms with van der Waals surface area (Å²) in [5.74, 6) is -1.69. The van der Waals surface area contributed by atoms with Gasteiger partial charge >= 0.3 is 5.97 Å². The summed E-state index contributed by atoms with van der Waals surface area (Å²) >= 11 is 5.45. The molecule has 1 spiro atoms. The number of fused-ring (bicyclic) bond motifs is 1. The van der Waals surface area contributed by atoms with Crippen molar-refractivity contribution in [2.24, 2.45) is 11.8 Å². The summed E-state index contributed by atoms with van der Waals surface area (Å²) in [7, 11) is 0. The Labute approximate surface area is 250 Å². The van der Waals surface area contributed by atoms with Crippen molar-refractivity contribution in [1.29, 1.82) is 0 Å². The van der Waals surface area contributed by atoms with Gasteiger partial charge in [0.15, 0.2) is 0 Å². The van der Waals surface area contributed by atoms with Crippen LogP contribution in [0.3, 0.4) is 0 Å². The fourth-order valence-electron chi connectivity index (χ4n) is 6.69. The molecule has 40 heavy (non-hydrogen) atoms. The van der Waals surface area contributed by atoms with Crippen molar-refractivity contribution in [3.63, 3.8) is 0 Å². The van der Waals surface area contributed by atoms with E-state index in [0.717, 1.165) is 32.5 Å². The molecule has 4 saturated heterocycles. The first-order chi connectivity index (χ1) is 19.4. The Balaban J connectivity index is 1.59. The molecule has 9 nitrogen and oxygen atoms in total. The highest BCUT2D eigenvalue weighted by Crippen LogP contribution is 2.68. The second-order valence-electron chi connectivity index (χ2n) is 11.1. The molecule has 2 bridgehead atoms. The van der Waals surface area contributed by atoms with E-state index in [1.807, 2.05) is 4.90 Å². The average Bonchev–Trinajstić information content (AvgIpc) is 3.55. The van der Waals surface area contributed by atoms with E-state index in [2.05, 4.69) is 34.0 Å². The van der Waals surface area contributed by atoms with Gasteiger partial charge in [0, 0.05) is 56.0 Å². The molecule has 6 atom stereocenters. The predicted molar refractivity (Wildman–Crippen MR) is 159 cm³/mol. The molecule has 1 N–H and O–H groups in total. The third-order valence-corrected chi connectivity index (χ3v) is 11.8. The SMILES string of the molecule is C=CCCCOC(=O)[C@H]1[C@@H]2SC3(CC2Br)C(C(=O)N(CC=C)CCN2CCOCC2)N(CCCCCO)C(=O)[C@H]13. The molecule has 11 heteroatoms. The quantitative estimate of drug-likeness (QED) is 0.119. The number of amides is 2. The summed E-state index contributed by atoms with van der Waals surface area (Å²) in [5, 5.41) is 9.15. The number of aliphatic hydroxyl groups is 1. The zero-order valence-electron chi connectivity index (χ0n) is 23.4. The Morgan fingerprint density at radius 3 is 2.65 bits per heavy atom. The number of hydrogen-bond acceptors (Lipinski definition) is 8. The van der Waals surface area contributed by atoms with Crippen molar-refractivity contribution in [1.82, 2.24) is 14.7 Å². The summed E-state index contributed by atoms with van der Waals surface area (Å²) in [6.07, 6.45) is 7.73. The third-order valence-electron chi connectivity index (χ3n) is 8.60. The van der Waals surface area contributed by atoms with Gasteiger partial charge in [-0.15, -0.1) is 24.9 Å². The molecule has 0 saturated carbocycles. The largest absolute Gasteiger partial charge is 0.465 e. The third kappa shape index (κ3) is 6.48. The number of alkyl halides is 1. The van der Waals surface area contributed by atoms with Crippen LogP contribution in [0.4, 0.5) is 0 Å². The molecule has 224 valence electrons. The Morgan fingerprint density at radius 1 is 1.18 bits per heavy atom. The molecule has 4 aliphatic heterocycles. The van der Waals surface area contributed by atoms with E-state index in [9.17, 15) is 19.5 Å². The first-order valence-corrected chi connectivity index (χ1v) is 16.4. The van der Waals surface area contributed by atoms with E-state index in [1.165, 1.54) is 0 Å². The molecule has 4 aliphatic rings. The number of carbonyl (C=O) groups excluding carboxylic acids is 3. The zero-order valence-corrected chi connectivity index (χ0v) is 25.8. The van der Waals surface area contributed by atoms with E-state index in [4.69, 9.17) is 9.47 Å². The fourth-order valence-corrected chi connectivity index (χ4v) is 10.3. The van der Waals surface area contributed by atoms with Crippen LogP contribution in [0.1, 0.15) is 38.5 Å².